The fourth-order valence-corrected chi connectivity index (χ4v) is 4.46. The van der Waals surface area contributed by atoms with Gasteiger partial charge in [0, 0.05) is 32.7 Å². The lowest BCUT2D eigenvalue weighted by molar-refractivity contribution is -0.136. The Morgan fingerprint density at radius 1 is 1.09 bits per heavy atom. The Balaban J connectivity index is 0.00000192. The Bertz CT molecular complexity index is 625. The minimum absolute atomic E-state index is 0. The average molecular weight is 360 g/mol. The lowest BCUT2D eigenvalue weighted by atomic mass is 10.1. The summed E-state index contributed by atoms with van der Waals surface area (Å²) in [6.07, 6.45) is 0.876. The molecule has 2 fully saturated rings. The predicted octanol–water partition coefficient (Wildman–Crippen LogP) is 0.551. The van der Waals surface area contributed by atoms with E-state index in [0.717, 1.165) is 19.5 Å². The number of amides is 1. The van der Waals surface area contributed by atoms with Crippen LogP contribution in [-0.2, 0) is 14.8 Å². The Hall–Kier alpha value is -1.15. The third-order valence-electron chi connectivity index (χ3n) is 4.34. The molecule has 1 unspecified atom stereocenters. The summed E-state index contributed by atoms with van der Waals surface area (Å²) in [5, 5.41) is 3.19. The number of carbonyl (C=O) groups is 1. The molecule has 1 N–H and O–H groups in total. The Morgan fingerprint density at radius 2 is 1.74 bits per heavy atom. The first-order valence-electron chi connectivity index (χ1n) is 7.64. The number of piperazine rings is 1. The molecule has 2 aliphatic heterocycles. The molecule has 0 spiro atoms. The summed E-state index contributed by atoms with van der Waals surface area (Å²) in [5.74, 6) is 0.207. The molecule has 0 radical (unpaired) electrons. The highest BCUT2D eigenvalue weighted by atomic mass is 35.5. The largest absolute Gasteiger partial charge is 0.340 e. The van der Waals surface area contributed by atoms with E-state index in [0.29, 0.717) is 31.1 Å². The van der Waals surface area contributed by atoms with Crippen molar-refractivity contribution in [2.75, 3.05) is 39.3 Å². The molecule has 1 amide bonds. The van der Waals surface area contributed by atoms with E-state index in [9.17, 15) is 13.2 Å². The van der Waals surface area contributed by atoms with Gasteiger partial charge in [-0.3, -0.25) is 4.79 Å². The summed E-state index contributed by atoms with van der Waals surface area (Å²) in [7, 11) is -3.45. The molecule has 2 saturated heterocycles. The van der Waals surface area contributed by atoms with E-state index in [4.69, 9.17) is 0 Å². The van der Waals surface area contributed by atoms with Gasteiger partial charge in [-0.2, -0.15) is 4.31 Å². The molecule has 8 heteroatoms. The van der Waals surface area contributed by atoms with E-state index in [2.05, 4.69) is 5.32 Å². The van der Waals surface area contributed by atoms with Crippen molar-refractivity contribution in [3.8, 4) is 0 Å². The smallest absolute Gasteiger partial charge is 0.243 e. The van der Waals surface area contributed by atoms with Crippen LogP contribution in [0.1, 0.15) is 6.42 Å². The number of carbonyl (C=O) groups excluding carboxylic acids is 1. The van der Waals surface area contributed by atoms with Crippen molar-refractivity contribution < 1.29 is 13.2 Å². The van der Waals surface area contributed by atoms with Crippen molar-refractivity contribution in [1.82, 2.24) is 14.5 Å². The normalized spacial score (nSPS) is 22.6. The second-order valence-corrected chi connectivity index (χ2v) is 7.67. The maximum Gasteiger partial charge on any atom is 0.243 e. The monoisotopic (exact) mass is 359 g/mol. The fourth-order valence-electron chi connectivity index (χ4n) is 3.01. The zero-order chi connectivity index (χ0) is 15.6. The van der Waals surface area contributed by atoms with Crippen LogP contribution in [0.4, 0.5) is 0 Å². The van der Waals surface area contributed by atoms with Gasteiger partial charge in [-0.1, -0.05) is 18.2 Å². The van der Waals surface area contributed by atoms with E-state index < -0.39 is 10.0 Å². The molecule has 2 heterocycles. The SMILES string of the molecule is Cl.O=C(C1CCNC1)N1CCN(S(=O)(=O)c2ccccc2)CC1. The number of halogens is 1. The summed E-state index contributed by atoms with van der Waals surface area (Å²) in [5.41, 5.74) is 0. The van der Waals surface area contributed by atoms with Gasteiger partial charge in [0.05, 0.1) is 10.8 Å². The highest BCUT2D eigenvalue weighted by molar-refractivity contribution is 7.89. The summed E-state index contributed by atoms with van der Waals surface area (Å²) in [4.78, 5) is 14.5. The zero-order valence-corrected chi connectivity index (χ0v) is 14.5. The number of hydrogen-bond acceptors (Lipinski definition) is 4. The first kappa shape index (κ1) is 18.2. The molecule has 1 aromatic rings. The van der Waals surface area contributed by atoms with E-state index in [1.54, 1.807) is 35.2 Å². The molecule has 0 saturated carbocycles. The minimum Gasteiger partial charge on any atom is -0.340 e. The lowest BCUT2D eigenvalue weighted by Gasteiger charge is -2.35. The van der Waals surface area contributed by atoms with Gasteiger partial charge in [0.2, 0.25) is 15.9 Å². The molecule has 23 heavy (non-hydrogen) atoms. The van der Waals surface area contributed by atoms with E-state index in [1.807, 2.05) is 0 Å². The lowest BCUT2D eigenvalue weighted by Crippen LogP contribution is -2.52. The molecule has 128 valence electrons. The van der Waals surface area contributed by atoms with Gasteiger partial charge >= 0.3 is 0 Å². The van der Waals surface area contributed by atoms with Crippen LogP contribution in [0.2, 0.25) is 0 Å². The highest BCUT2D eigenvalue weighted by Gasteiger charge is 2.33. The van der Waals surface area contributed by atoms with Crippen LogP contribution in [0.5, 0.6) is 0 Å². The van der Waals surface area contributed by atoms with Crippen LogP contribution in [0, 0.1) is 5.92 Å². The Labute approximate surface area is 143 Å². The van der Waals surface area contributed by atoms with Crippen LogP contribution in [0.3, 0.4) is 0 Å². The van der Waals surface area contributed by atoms with Crippen LogP contribution >= 0.6 is 12.4 Å². The van der Waals surface area contributed by atoms with Crippen molar-refractivity contribution in [2.45, 2.75) is 11.3 Å². The van der Waals surface area contributed by atoms with Crippen LogP contribution in [-0.4, -0.2) is 62.8 Å². The van der Waals surface area contributed by atoms with Crippen molar-refractivity contribution in [1.29, 1.82) is 0 Å². The van der Waals surface area contributed by atoms with Gasteiger partial charge < -0.3 is 10.2 Å². The topological polar surface area (TPSA) is 69.7 Å². The number of sulfonamides is 1. The Morgan fingerprint density at radius 3 is 2.30 bits per heavy atom. The maximum absolute atomic E-state index is 12.5. The van der Waals surface area contributed by atoms with E-state index >= 15 is 0 Å². The number of rotatable bonds is 3. The first-order chi connectivity index (χ1) is 10.6. The van der Waals surface area contributed by atoms with Crippen molar-refractivity contribution in [3.05, 3.63) is 30.3 Å². The summed E-state index contributed by atoms with van der Waals surface area (Å²) in [6.45, 7) is 3.30. The van der Waals surface area contributed by atoms with Gasteiger partial charge in [0.15, 0.2) is 0 Å². The standard InChI is InChI=1S/C15H21N3O3S.ClH/c19-15(13-6-7-16-12-13)17-8-10-18(11-9-17)22(20,21)14-4-2-1-3-5-14;/h1-5,13,16H,6-12H2;1H. The molecule has 2 aliphatic rings. The van der Waals surface area contributed by atoms with E-state index in [1.165, 1.54) is 4.31 Å². The number of hydrogen-bond donors (Lipinski definition) is 1. The number of nitrogens with one attached hydrogen (secondary N) is 1. The summed E-state index contributed by atoms with van der Waals surface area (Å²) < 4.78 is 26.5. The second-order valence-electron chi connectivity index (χ2n) is 5.73. The molecule has 0 aromatic heterocycles. The molecular formula is C15H22ClN3O3S. The quantitative estimate of drug-likeness (QED) is 0.855. The predicted molar refractivity (Wildman–Crippen MR) is 90.0 cm³/mol. The van der Waals surface area contributed by atoms with Crippen molar-refractivity contribution in [2.24, 2.45) is 5.92 Å². The first-order valence-corrected chi connectivity index (χ1v) is 9.08. The van der Waals surface area contributed by atoms with Crippen LogP contribution in [0.25, 0.3) is 0 Å². The van der Waals surface area contributed by atoms with Gasteiger partial charge in [0.25, 0.3) is 0 Å². The van der Waals surface area contributed by atoms with E-state index in [-0.39, 0.29) is 24.2 Å². The summed E-state index contributed by atoms with van der Waals surface area (Å²) >= 11 is 0. The number of benzene rings is 1. The summed E-state index contributed by atoms with van der Waals surface area (Å²) in [6, 6.07) is 8.46. The molecule has 1 aromatic carbocycles. The molecular weight excluding hydrogens is 338 g/mol. The van der Waals surface area contributed by atoms with Gasteiger partial charge in [0.1, 0.15) is 0 Å². The van der Waals surface area contributed by atoms with Gasteiger partial charge in [-0.05, 0) is 25.1 Å². The minimum atomic E-state index is -3.45. The molecule has 3 rings (SSSR count). The molecule has 6 nitrogen and oxygen atoms in total. The fraction of sp³-hybridized carbons (Fsp3) is 0.533. The van der Waals surface area contributed by atoms with Crippen LogP contribution in [0.15, 0.2) is 35.2 Å². The van der Waals surface area contributed by atoms with Crippen LogP contribution < -0.4 is 5.32 Å². The van der Waals surface area contributed by atoms with Gasteiger partial charge in [-0.25, -0.2) is 8.42 Å². The third kappa shape index (κ3) is 3.85. The molecule has 0 bridgehead atoms. The second kappa shape index (κ2) is 7.61. The third-order valence-corrected chi connectivity index (χ3v) is 6.25. The zero-order valence-electron chi connectivity index (χ0n) is 12.8. The van der Waals surface area contributed by atoms with Gasteiger partial charge in [-0.15, -0.1) is 12.4 Å². The van der Waals surface area contributed by atoms with Crippen molar-refractivity contribution in [3.63, 3.8) is 0 Å². The Kier molecular flexibility index (Phi) is 6.02. The molecule has 0 aliphatic carbocycles. The van der Waals surface area contributed by atoms with Crippen molar-refractivity contribution >= 4 is 28.3 Å². The average Bonchev–Trinajstić information content (AvgIpc) is 3.09. The maximum atomic E-state index is 12.5. The number of nitrogens with zero attached hydrogens (tertiary/aromatic N) is 2. The highest BCUT2D eigenvalue weighted by Crippen LogP contribution is 2.19. The molecule has 1 atom stereocenters.